The SMILES string of the molecule is Cc1ccc(S(=O)(=O)N[C@@H](CCC(=O)O)C(=O)O)c(C)c1N(C)S(=O)(=O)c1ccccc1. The molecule has 0 bridgehead atoms. The van der Waals surface area contributed by atoms with E-state index in [0.29, 0.717) is 5.56 Å². The lowest BCUT2D eigenvalue weighted by Crippen LogP contribution is -2.41. The van der Waals surface area contributed by atoms with E-state index in [1.54, 1.807) is 25.1 Å². The molecule has 0 fully saturated rings. The zero-order valence-electron chi connectivity index (χ0n) is 17.6. The molecule has 0 heterocycles. The summed E-state index contributed by atoms with van der Waals surface area (Å²) in [7, 11) is -7.11. The van der Waals surface area contributed by atoms with Crippen LogP contribution in [-0.4, -0.2) is 52.1 Å². The van der Waals surface area contributed by atoms with Gasteiger partial charge in [-0.2, -0.15) is 4.72 Å². The molecule has 10 nitrogen and oxygen atoms in total. The Labute approximate surface area is 186 Å². The van der Waals surface area contributed by atoms with Crippen molar-refractivity contribution in [2.45, 2.75) is 42.5 Å². The molecule has 2 aromatic carbocycles. The monoisotopic (exact) mass is 484 g/mol. The van der Waals surface area contributed by atoms with E-state index in [-0.39, 0.29) is 21.0 Å². The van der Waals surface area contributed by atoms with Gasteiger partial charge in [0, 0.05) is 13.5 Å². The van der Waals surface area contributed by atoms with Gasteiger partial charge < -0.3 is 10.2 Å². The van der Waals surface area contributed by atoms with Crippen LogP contribution >= 0.6 is 0 Å². The van der Waals surface area contributed by atoms with Crippen molar-refractivity contribution < 1.29 is 36.6 Å². The Hall–Kier alpha value is -2.96. The first-order valence-electron chi connectivity index (χ1n) is 9.40. The molecule has 0 aliphatic rings. The van der Waals surface area contributed by atoms with Gasteiger partial charge in [0.2, 0.25) is 10.0 Å². The Kier molecular flexibility index (Phi) is 7.65. The summed E-state index contributed by atoms with van der Waals surface area (Å²) < 4.78 is 54.9. The molecule has 0 saturated carbocycles. The van der Waals surface area contributed by atoms with Crippen molar-refractivity contribution in [2.75, 3.05) is 11.4 Å². The number of rotatable bonds is 10. The van der Waals surface area contributed by atoms with Crippen molar-refractivity contribution in [1.29, 1.82) is 0 Å². The van der Waals surface area contributed by atoms with Crippen LogP contribution in [0.25, 0.3) is 0 Å². The van der Waals surface area contributed by atoms with E-state index < -0.39 is 50.9 Å². The highest BCUT2D eigenvalue weighted by molar-refractivity contribution is 7.92. The predicted molar refractivity (Wildman–Crippen MR) is 117 cm³/mol. The quantitative estimate of drug-likeness (QED) is 0.460. The number of hydrogen-bond donors (Lipinski definition) is 3. The van der Waals surface area contributed by atoms with Crippen molar-refractivity contribution >= 4 is 37.7 Å². The molecule has 0 aromatic heterocycles. The second-order valence-electron chi connectivity index (χ2n) is 7.08. The number of hydrogen-bond acceptors (Lipinski definition) is 6. The Morgan fingerprint density at radius 1 is 1.00 bits per heavy atom. The topological polar surface area (TPSA) is 158 Å². The van der Waals surface area contributed by atoms with Crippen molar-refractivity contribution in [3.05, 3.63) is 53.6 Å². The van der Waals surface area contributed by atoms with Gasteiger partial charge in [0.05, 0.1) is 15.5 Å². The zero-order valence-corrected chi connectivity index (χ0v) is 19.3. The third-order valence-corrected chi connectivity index (χ3v) is 8.22. The molecule has 2 rings (SSSR count). The Morgan fingerprint density at radius 3 is 2.12 bits per heavy atom. The second kappa shape index (κ2) is 9.67. The maximum absolute atomic E-state index is 13.0. The number of carboxylic acid groups (broad SMARTS) is 2. The van der Waals surface area contributed by atoms with E-state index in [1.165, 1.54) is 38.2 Å². The molecule has 0 spiro atoms. The standard InChI is InChI=1S/C20H24N2O8S2/c1-13-9-11-17(31(27,28)21-16(20(25)26)10-12-18(23)24)14(2)19(13)22(3)32(29,30)15-7-5-4-6-8-15/h4-9,11,16,21H,10,12H2,1-3H3,(H,23,24)(H,25,26)/t16-/m0/s1. The molecular weight excluding hydrogens is 460 g/mol. The largest absolute Gasteiger partial charge is 0.481 e. The molecule has 0 amide bonds. The number of carboxylic acids is 2. The summed E-state index contributed by atoms with van der Waals surface area (Å²) in [5.74, 6) is -2.79. The van der Waals surface area contributed by atoms with Gasteiger partial charge in [-0.05, 0) is 49.6 Å². The first kappa shape index (κ1) is 25.3. The van der Waals surface area contributed by atoms with Crippen LogP contribution in [0.5, 0.6) is 0 Å². The molecule has 174 valence electrons. The van der Waals surface area contributed by atoms with Crippen LogP contribution in [0.15, 0.2) is 52.3 Å². The molecule has 0 aliphatic heterocycles. The van der Waals surface area contributed by atoms with E-state index in [0.717, 1.165) is 4.31 Å². The number of anilines is 1. The second-order valence-corrected chi connectivity index (χ2v) is 10.7. The zero-order chi connectivity index (χ0) is 24.3. The van der Waals surface area contributed by atoms with E-state index in [9.17, 15) is 31.5 Å². The molecule has 12 heteroatoms. The molecule has 1 atom stereocenters. The molecule has 0 radical (unpaired) electrons. The molecule has 32 heavy (non-hydrogen) atoms. The summed E-state index contributed by atoms with van der Waals surface area (Å²) in [5.41, 5.74) is 0.722. The van der Waals surface area contributed by atoms with Crippen LogP contribution in [0, 0.1) is 13.8 Å². The summed E-state index contributed by atoms with van der Waals surface area (Å²) in [4.78, 5) is 21.9. The summed E-state index contributed by atoms with van der Waals surface area (Å²) in [6.45, 7) is 3.04. The van der Waals surface area contributed by atoms with Crippen LogP contribution < -0.4 is 9.03 Å². The highest BCUT2D eigenvalue weighted by Crippen LogP contribution is 2.33. The van der Waals surface area contributed by atoms with Gasteiger partial charge in [-0.25, -0.2) is 16.8 Å². The van der Waals surface area contributed by atoms with Gasteiger partial charge in [0.15, 0.2) is 0 Å². The number of aliphatic carboxylic acids is 2. The van der Waals surface area contributed by atoms with Gasteiger partial charge in [-0.15, -0.1) is 0 Å². The molecule has 0 unspecified atom stereocenters. The van der Waals surface area contributed by atoms with Crippen LogP contribution in [0.2, 0.25) is 0 Å². The van der Waals surface area contributed by atoms with Gasteiger partial charge in [0.1, 0.15) is 6.04 Å². The number of carbonyl (C=O) groups is 2. The van der Waals surface area contributed by atoms with E-state index in [2.05, 4.69) is 0 Å². The third kappa shape index (κ3) is 5.44. The van der Waals surface area contributed by atoms with Crippen molar-refractivity contribution in [3.8, 4) is 0 Å². The summed E-state index contributed by atoms with van der Waals surface area (Å²) in [6, 6.07) is 8.62. The number of benzene rings is 2. The predicted octanol–water partition coefficient (Wildman–Crippen LogP) is 1.72. The molecular formula is C20H24N2O8S2. The summed E-state index contributed by atoms with van der Waals surface area (Å²) in [5, 5.41) is 18.0. The average Bonchev–Trinajstić information content (AvgIpc) is 2.71. The number of sulfonamides is 2. The van der Waals surface area contributed by atoms with E-state index >= 15 is 0 Å². The maximum atomic E-state index is 13.0. The fourth-order valence-electron chi connectivity index (χ4n) is 3.21. The lowest BCUT2D eigenvalue weighted by molar-refractivity contribution is -0.140. The third-order valence-electron chi connectivity index (χ3n) is 4.83. The Bertz CT molecular complexity index is 1230. The number of aryl methyl sites for hydroxylation is 1. The minimum Gasteiger partial charge on any atom is -0.481 e. The van der Waals surface area contributed by atoms with Crippen molar-refractivity contribution in [1.82, 2.24) is 4.72 Å². The average molecular weight is 485 g/mol. The summed E-state index contributed by atoms with van der Waals surface area (Å²) in [6.07, 6.45) is -1.00. The smallest absolute Gasteiger partial charge is 0.321 e. The fourth-order valence-corrected chi connectivity index (χ4v) is 6.02. The minimum absolute atomic E-state index is 0.0206. The minimum atomic E-state index is -4.41. The molecule has 2 aromatic rings. The lowest BCUT2D eigenvalue weighted by atomic mass is 10.1. The van der Waals surface area contributed by atoms with E-state index in [1.807, 2.05) is 4.72 Å². The maximum Gasteiger partial charge on any atom is 0.321 e. The van der Waals surface area contributed by atoms with Gasteiger partial charge in [-0.3, -0.25) is 13.9 Å². The fraction of sp³-hybridized carbons (Fsp3) is 0.300. The molecule has 0 saturated heterocycles. The highest BCUT2D eigenvalue weighted by atomic mass is 32.2. The van der Waals surface area contributed by atoms with Crippen LogP contribution in [0.3, 0.4) is 0 Å². The lowest BCUT2D eigenvalue weighted by Gasteiger charge is -2.25. The first-order chi connectivity index (χ1) is 14.8. The normalized spacial score (nSPS) is 12.8. The summed E-state index contributed by atoms with van der Waals surface area (Å²) >= 11 is 0. The number of nitrogens with one attached hydrogen (secondary N) is 1. The first-order valence-corrected chi connectivity index (χ1v) is 12.3. The highest BCUT2D eigenvalue weighted by Gasteiger charge is 2.30. The van der Waals surface area contributed by atoms with Gasteiger partial charge >= 0.3 is 11.9 Å². The molecule has 3 N–H and O–H groups in total. The van der Waals surface area contributed by atoms with Crippen molar-refractivity contribution in [3.63, 3.8) is 0 Å². The molecule has 0 aliphatic carbocycles. The Balaban J connectivity index is 2.51. The Morgan fingerprint density at radius 2 is 1.59 bits per heavy atom. The van der Waals surface area contributed by atoms with Crippen molar-refractivity contribution in [2.24, 2.45) is 0 Å². The van der Waals surface area contributed by atoms with Gasteiger partial charge in [0.25, 0.3) is 10.0 Å². The van der Waals surface area contributed by atoms with Gasteiger partial charge in [-0.1, -0.05) is 24.3 Å². The van der Waals surface area contributed by atoms with Crippen LogP contribution in [0.4, 0.5) is 5.69 Å². The number of nitrogens with zero attached hydrogens (tertiary/aromatic N) is 1. The van der Waals surface area contributed by atoms with Crippen LogP contribution in [0.1, 0.15) is 24.0 Å². The van der Waals surface area contributed by atoms with E-state index in [4.69, 9.17) is 5.11 Å². The van der Waals surface area contributed by atoms with Crippen LogP contribution in [-0.2, 0) is 29.6 Å².